The predicted octanol–water partition coefficient (Wildman–Crippen LogP) is 4.00. The number of nitrogens with zero attached hydrogens (tertiary/aromatic N) is 4. The highest BCUT2D eigenvalue weighted by molar-refractivity contribution is 5.93. The van der Waals surface area contributed by atoms with Gasteiger partial charge in [0.05, 0.1) is 11.8 Å². The second-order valence-corrected chi connectivity index (χ2v) is 7.44. The summed E-state index contributed by atoms with van der Waals surface area (Å²) < 4.78 is 21.1. The molecule has 2 aromatic heterocycles. The van der Waals surface area contributed by atoms with Gasteiger partial charge in [-0.15, -0.1) is 0 Å². The Morgan fingerprint density at radius 1 is 1.17 bits per heavy atom. The number of halogens is 1. The molecule has 0 spiro atoms. The largest absolute Gasteiger partial charge is 0.355 e. The summed E-state index contributed by atoms with van der Waals surface area (Å²) >= 11 is 0. The molecule has 1 amide bonds. The first kappa shape index (κ1) is 18.3. The molecule has 1 unspecified atom stereocenters. The van der Waals surface area contributed by atoms with Gasteiger partial charge in [0.2, 0.25) is 0 Å². The van der Waals surface area contributed by atoms with Crippen LogP contribution in [0.4, 0.5) is 4.39 Å². The Morgan fingerprint density at radius 3 is 2.77 bits per heavy atom. The van der Waals surface area contributed by atoms with E-state index < -0.39 is 5.82 Å². The third-order valence-corrected chi connectivity index (χ3v) is 5.48. The molecule has 1 aliphatic heterocycles. The lowest BCUT2D eigenvalue weighted by Crippen LogP contribution is -2.38. The summed E-state index contributed by atoms with van der Waals surface area (Å²) in [5.74, 6) is -0.413. The van der Waals surface area contributed by atoms with Crippen molar-refractivity contribution in [3.63, 3.8) is 0 Å². The first-order valence-electron chi connectivity index (χ1n) is 9.67. The molecule has 6 nitrogen and oxygen atoms in total. The van der Waals surface area contributed by atoms with Gasteiger partial charge in [-0.05, 0) is 28.8 Å². The molecule has 0 radical (unpaired) electrons. The molecule has 0 saturated heterocycles. The molecular formula is C23H19FN4O2. The maximum absolute atomic E-state index is 14.1. The number of hydrogen-bond acceptors (Lipinski definition) is 4. The third-order valence-electron chi connectivity index (χ3n) is 5.48. The second kappa shape index (κ2) is 7.26. The van der Waals surface area contributed by atoms with Crippen molar-refractivity contribution in [2.24, 2.45) is 7.05 Å². The van der Waals surface area contributed by atoms with Crippen LogP contribution in [0.15, 0.2) is 71.5 Å². The van der Waals surface area contributed by atoms with Gasteiger partial charge in [0.1, 0.15) is 5.82 Å². The van der Waals surface area contributed by atoms with Crippen LogP contribution in [0.1, 0.15) is 33.1 Å². The van der Waals surface area contributed by atoms with Gasteiger partial charge in [-0.1, -0.05) is 41.6 Å². The summed E-state index contributed by atoms with van der Waals surface area (Å²) in [6.07, 6.45) is 3.81. The van der Waals surface area contributed by atoms with E-state index in [0.29, 0.717) is 13.1 Å². The van der Waals surface area contributed by atoms with Crippen molar-refractivity contribution >= 4 is 5.91 Å². The summed E-state index contributed by atoms with van der Waals surface area (Å²) in [5.41, 5.74) is 3.78. The molecule has 2 aromatic carbocycles. The van der Waals surface area contributed by atoms with Crippen LogP contribution in [0.25, 0.3) is 11.3 Å². The molecule has 3 heterocycles. The number of fused-ring (bicyclic) bond motifs is 1. The highest BCUT2D eigenvalue weighted by atomic mass is 19.1. The van der Waals surface area contributed by atoms with E-state index >= 15 is 0 Å². The molecule has 0 saturated carbocycles. The van der Waals surface area contributed by atoms with Gasteiger partial charge in [0.15, 0.2) is 11.5 Å². The number of amides is 1. The molecule has 0 bridgehead atoms. The number of benzene rings is 2. The van der Waals surface area contributed by atoms with Crippen molar-refractivity contribution in [1.29, 1.82) is 0 Å². The van der Waals surface area contributed by atoms with E-state index in [2.05, 4.69) is 16.3 Å². The lowest BCUT2D eigenvalue weighted by molar-refractivity contribution is 0.0714. The van der Waals surface area contributed by atoms with Gasteiger partial charge in [-0.3, -0.25) is 9.48 Å². The van der Waals surface area contributed by atoms with Crippen LogP contribution in [0.5, 0.6) is 0 Å². The lowest BCUT2D eigenvalue weighted by Gasteiger charge is -2.34. The monoisotopic (exact) mass is 402 g/mol. The highest BCUT2D eigenvalue weighted by Gasteiger charge is 2.31. The summed E-state index contributed by atoms with van der Waals surface area (Å²) in [4.78, 5) is 15.0. The SMILES string of the molecule is Cn1cc(C2CN(C(=O)c3cc(-c4ccccc4F)on3)Cc3ccccc32)cn1. The number of aromatic nitrogens is 3. The van der Waals surface area contributed by atoms with Crippen LogP contribution in [0, 0.1) is 5.82 Å². The molecule has 5 rings (SSSR count). The highest BCUT2D eigenvalue weighted by Crippen LogP contribution is 2.34. The van der Waals surface area contributed by atoms with Crippen molar-refractivity contribution in [2.45, 2.75) is 12.5 Å². The molecule has 0 fully saturated rings. The molecule has 0 aliphatic carbocycles. The van der Waals surface area contributed by atoms with Crippen LogP contribution < -0.4 is 0 Å². The summed E-state index contributed by atoms with van der Waals surface area (Å²) in [6, 6.07) is 15.9. The minimum Gasteiger partial charge on any atom is -0.355 e. The van der Waals surface area contributed by atoms with Crippen molar-refractivity contribution < 1.29 is 13.7 Å². The molecule has 4 aromatic rings. The number of hydrogen-bond donors (Lipinski definition) is 0. The fraction of sp³-hybridized carbons (Fsp3) is 0.174. The van der Waals surface area contributed by atoms with E-state index in [0.717, 1.165) is 11.1 Å². The van der Waals surface area contributed by atoms with Gasteiger partial charge >= 0.3 is 0 Å². The molecule has 150 valence electrons. The van der Waals surface area contributed by atoms with Gasteiger partial charge < -0.3 is 9.42 Å². The fourth-order valence-electron chi connectivity index (χ4n) is 3.99. The lowest BCUT2D eigenvalue weighted by atomic mass is 9.86. The van der Waals surface area contributed by atoms with E-state index in [9.17, 15) is 9.18 Å². The number of carbonyl (C=O) groups is 1. The molecule has 1 atom stereocenters. The Labute approximate surface area is 172 Å². The van der Waals surface area contributed by atoms with Gasteiger partial charge in [0, 0.05) is 38.3 Å². The Bertz CT molecular complexity index is 1230. The molecular weight excluding hydrogens is 383 g/mol. The number of rotatable bonds is 3. The van der Waals surface area contributed by atoms with Crippen LogP contribution >= 0.6 is 0 Å². The van der Waals surface area contributed by atoms with Crippen molar-refractivity contribution in [1.82, 2.24) is 19.8 Å². The Hall–Kier alpha value is -3.74. The van der Waals surface area contributed by atoms with Crippen LogP contribution in [-0.4, -0.2) is 32.3 Å². The molecule has 7 heteroatoms. The van der Waals surface area contributed by atoms with E-state index in [1.165, 1.54) is 17.7 Å². The molecule has 30 heavy (non-hydrogen) atoms. The van der Waals surface area contributed by atoms with Crippen molar-refractivity contribution in [3.05, 3.63) is 95.2 Å². The summed E-state index contributed by atoms with van der Waals surface area (Å²) in [5, 5.41) is 8.21. The molecule has 0 N–H and O–H groups in total. The number of aryl methyl sites for hydroxylation is 1. The number of carbonyl (C=O) groups excluding carboxylic acids is 1. The topological polar surface area (TPSA) is 64.2 Å². The summed E-state index contributed by atoms with van der Waals surface area (Å²) in [7, 11) is 1.88. The van der Waals surface area contributed by atoms with Crippen LogP contribution in [0.3, 0.4) is 0 Å². The standard InChI is InChI=1S/C23H19FN4O2/c1-27-12-16(11-25-27)19-14-28(13-15-6-2-3-7-17(15)19)23(29)21-10-22(30-26-21)18-8-4-5-9-20(18)24/h2-12,19H,13-14H2,1H3. The smallest absolute Gasteiger partial charge is 0.276 e. The first-order chi connectivity index (χ1) is 14.6. The average molecular weight is 402 g/mol. The minimum absolute atomic E-state index is 0.0190. The zero-order valence-electron chi connectivity index (χ0n) is 16.3. The Morgan fingerprint density at radius 2 is 1.97 bits per heavy atom. The Balaban J connectivity index is 1.46. The van der Waals surface area contributed by atoms with E-state index in [-0.39, 0.29) is 28.8 Å². The quantitative estimate of drug-likeness (QED) is 0.520. The predicted molar refractivity (Wildman–Crippen MR) is 108 cm³/mol. The van der Waals surface area contributed by atoms with Crippen molar-refractivity contribution in [2.75, 3.05) is 6.54 Å². The van der Waals surface area contributed by atoms with E-state index in [1.54, 1.807) is 27.8 Å². The zero-order valence-corrected chi connectivity index (χ0v) is 16.3. The fourth-order valence-corrected chi connectivity index (χ4v) is 3.99. The first-order valence-corrected chi connectivity index (χ1v) is 9.67. The van der Waals surface area contributed by atoms with Crippen molar-refractivity contribution in [3.8, 4) is 11.3 Å². The maximum atomic E-state index is 14.1. The van der Waals surface area contributed by atoms with E-state index in [1.807, 2.05) is 37.6 Å². The second-order valence-electron chi connectivity index (χ2n) is 7.44. The van der Waals surface area contributed by atoms with Gasteiger partial charge in [-0.25, -0.2) is 4.39 Å². The third kappa shape index (κ3) is 3.18. The molecule has 1 aliphatic rings. The normalized spacial score (nSPS) is 15.8. The maximum Gasteiger partial charge on any atom is 0.276 e. The minimum atomic E-state index is -0.420. The van der Waals surface area contributed by atoms with Gasteiger partial charge in [0.25, 0.3) is 5.91 Å². The van der Waals surface area contributed by atoms with Crippen LogP contribution in [0.2, 0.25) is 0 Å². The van der Waals surface area contributed by atoms with Crippen LogP contribution in [-0.2, 0) is 13.6 Å². The Kier molecular flexibility index (Phi) is 4.43. The summed E-state index contributed by atoms with van der Waals surface area (Å²) in [6.45, 7) is 0.983. The van der Waals surface area contributed by atoms with E-state index in [4.69, 9.17) is 4.52 Å². The van der Waals surface area contributed by atoms with Gasteiger partial charge in [-0.2, -0.15) is 5.10 Å². The average Bonchev–Trinajstić information content (AvgIpc) is 3.42. The zero-order chi connectivity index (χ0) is 20.7.